The number of anilines is 1. The van der Waals surface area contributed by atoms with Crippen molar-refractivity contribution in [2.24, 2.45) is 0 Å². The third kappa shape index (κ3) is 3.57. The van der Waals surface area contributed by atoms with Gasteiger partial charge in [0, 0.05) is 30.1 Å². The molecule has 0 bridgehead atoms. The second-order valence-electron chi connectivity index (χ2n) is 6.50. The largest absolute Gasteiger partial charge is 0.378 e. The molecule has 2 aromatic heterocycles. The molecule has 1 fully saturated rings. The number of carbonyl (C=O) groups excluding carboxylic acids is 1. The number of benzene rings is 1. The molecule has 1 amide bonds. The molecule has 0 spiro atoms. The lowest BCUT2D eigenvalue weighted by Gasteiger charge is -2.25. The van der Waals surface area contributed by atoms with Crippen molar-refractivity contribution in [2.75, 3.05) is 31.0 Å². The number of hydrogen-bond donors (Lipinski definition) is 2. The monoisotopic (exact) mass is 431 g/mol. The minimum Gasteiger partial charge on any atom is -0.378 e. The van der Waals surface area contributed by atoms with Crippen molar-refractivity contribution < 1.29 is 17.9 Å². The minimum atomic E-state index is -4.00. The van der Waals surface area contributed by atoms with Crippen LogP contribution in [0.5, 0.6) is 0 Å². The number of nitrogens with one attached hydrogen (secondary N) is 2. The van der Waals surface area contributed by atoms with E-state index in [2.05, 4.69) is 20.8 Å². The lowest BCUT2D eigenvalue weighted by Crippen LogP contribution is -2.40. The molecule has 4 rings (SSSR count). The van der Waals surface area contributed by atoms with Crippen LogP contribution in [0.15, 0.2) is 28.0 Å². The number of nitriles is 1. The van der Waals surface area contributed by atoms with Crippen molar-refractivity contribution >= 4 is 43.9 Å². The zero-order valence-corrected chi connectivity index (χ0v) is 17.1. The van der Waals surface area contributed by atoms with Crippen LogP contribution in [0, 0.1) is 18.3 Å². The Morgan fingerprint density at radius 1 is 1.38 bits per heavy atom. The number of rotatable bonds is 4. The van der Waals surface area contributed by atoms with Gasteiger partial charge in [-0.1, -0.05) is 6.07 Å². The van der Waals surface area contributed by atoms with Crippen molar-refractivity contribution in [3.63, 3.8) is 0 Å². The molecule has 1 aromatic carbocycles. The maximum absolute atomic E-state index is 12.8. The lowest BCUT2D eigenvalue weighted by molar-refractivity contribution is 0.0299. The number of thiazole rings is 1. The molecule has 0 saturated carbocycles. The fraction of sp³-hybridized carbons (Fsp3) is 0.278. The van der Waals surface area contributed by atoms with Crippen LogP contribution in [0.25, 0.3) is 10.9 Å². The van der Waals surface area contributed by atoms with Crippen LogP contribution < -0.4 is 4.72 Å². The van der Waals surface area contributed by atoms with E-state index in [0.717, 1.165) is 16.9 Å². The van der Waals surface area contributed by atoms with E-state index in [4.69, 9.17) is 4.74 Å². The highest BCUT2D eigenvalue weighted by Gasteiger charge is 2.26. The predicted octanol–water partition coefficient (Wildman–Crippen LogP) is 2.08. The molecule has 29 heavy (non-hydrogen) atoms. The van der Waals surface area contributed by atoms with Crippen molar-refractivity contribution in [1.29, 1.82) is 5.26 Å². The highest BCUT2D eigenvalue weighted by atomic mass is 32.2. The summed E-state index contributed by atoms with van der Waals surface area (Å²) in [7, 11) is -4.00. The highest BCUT2D eigenvalue weighted by Crippen LogP contribution is 2.30. The van der Waals surface area contributed by atoms with Gasteiger partial charge in [-0.25, -0.2) is 4.98 Å². The quantitative estimate of drug-likeness (QED) is 0.651. The van der Waals surface area contributed by atoms with E-state index in [0.29, 0.717) is 48.5 Å². The first-order valence-corrected chi connectivity index (χ1v) is 11.1. The number of aryl methyl sites for hydroxylation is 1. The highest BCUT2D eigenvalue weighted by molar-refractivity contribution is 7.94. The van der Waals surface area contributed by atoms with E-state index in [1.54, 1.807) is 17.0 Å². The Morgan fingerprint density at radius 2 is 2.14 bits per heavy atom. The summed E-state index contributed by atoms with van der Waals surface area (Å²) < 4.78 is 33.2. The first-order valence-electron chi connectivity index (χ1n) is 8.77. The van der Waals surface area contributed by atoms with Crippen LogP contribution in [-0.2, 0) is 14.8 Å². The first kappa shape index (κ1) is 19.4. The Balaban J connectivity index is 1.62. The summed E-state index contributed by atoms with van der Waals surface area (Å²) in [6, 6.07) is 5.46. The standard InChI is InChI=1S/C18H17N5O4S2/c1-11-2-3-13(16-15(11)12(8-19)9-20-16)22-29(25,26)18-21-14(10-28-18)17(24)23-4-6-27-7-5-23/h2-3,9-10,20,22H,4-7H2,1H3. The Bertz CT molecular complexity index is 1230. The number of nitrogens with zero attached hydrogens (tertiary/aromatic N) is 3. The van der Waals surface area contributed by atoms with Crippen LogP contribution in [0.3, 0.4) is 0 Å². The second-order valence-corrected chi connectivity index (χ2v) is 9.22. The van der Waals surface area contributed by atoms with Gasteiger partial charge in [-0.05, 0) is 18.6 Å². The number of aromatic nitrogens is 2. The third-order valence-electron chi connectivity index (χ3n) is 4.64. The summed E-state index contributed by atoms with van der Waals surface area (Å²) >= 11 is 0.883. The third-order valence-corrected chi connectivity index (χ3v) is 7.26. The van der Waals surface area contributed by atoms with Crippen LogP contribution >= 0.6 is 11.3 Å². The molecular weight excluding hydrogens is 414 g/mol. The zero-order valence-electron chi connectivity index (χ0n) is 15.4. The summed E-state index contributed by atoms with van der Waals surface area (Å²) in [5.41, 5.74) is 2.22. The molecule has 11 heteroatoms. The number of ether oxygens (including phenoxy) is 1. The van der Waals surface area contributed by atoms with Gasteiger partial charge in [0.25, 0.3) is 15.9 Å². The van der Waals surface area contributed by atoms with Crippen molar-refractivity contribution in [3.8, 4) is 6.07 Å². The first-order chi connectivity index (χ1) is 13.9. The van der Waals surface area contributed by atoms with Crippen LogP contribution in [0.4, 0.5) is 5.69 Å². The summed E-state index contributed by atoms with van der Waals surface area (Å²) in [6.45, 7) is 3.65. The fourth-order valence-corrected chi connectivity index (χ4v) is 5.25. The molecule has 9 nitrogen and oxygen atoms in total. The summed E-state index contributed by atoms with van der Waals surface area (Å²) in [4.78, 5) is 21.1. The van der Waals surface area contributed by atoms with Gasteiger partial charge in [0.2, 0.25) is 4.34 Å². The van der Waals surface area contributed by atoms with Gasteiger partial charge in [-0.3, -0.25) is 9.52 Å². The molecule has 150 valence electrons. The number of sulfonamides is 1. The Morgan fingerprint density at radius 3 is 2.86 bits per heavy atom. The molecule has 0 unspecified atom stereocenters. The van der Waals surface area contributed by atoms with Gasteiger partial charge in [-0.15, -0.1) is 11.3 Å². The molecule has 0 radical (unpaired) electrons. The zero-order chi connectivity index (χ0) is 20.6. The molecule has 3 aromatic rings. The SMILES string of the molecule is Cc1ccc(NS(=O)(=O)c2nc(C(=O)N3CCOCC3)cs2)c2[nH]cc(C#N)c12. The smallest absolute Gasteiger partial charge is 0.289 e. The second kappa shape index (κ2) is 7.47. The number of hydrogen-bond acceptors (Lipinski definition) is 7. The Hall–Kier alpha value is -2.94. The van der Waals surface area contributed by atoms with Crippen LogP contribution in [0.2, 0.25) is 0 Å². The van der Waals surface area contributed by atoms with Crippen LogP contribution in [0.1, 0.15) is 21.6 Å². The summed E-state index contributed by atoms with van der Waals surface area (Å²) in [6.07, 6.45) is 1.54. The molecule has 3 heterocycles. The van der Waals surface area contributed by atoms with Gasteiger partial charge in [0.05, 0.1) is 30.0 Å². The van der Waals surface area contributed by atoms with E-state index in [-0.39, 0.29) is 15.9 Å². The predicted molar refractivity (Wildman–Crippen MR) is 107 cm³/mol. The fourth-order valence-electron chi connectivity index (χ4n) is 3.19. The number of amides is 1. The lowest BCUT2D eigenvalue weighted by atomic mass is 10.1. The number of carbonyl (C=O) groups is 1. The molecular formula is C18H17N5O4S2. The Labute approximate surface area is 171 Å². The van der Waals surface area contributed by atoms with Gasteiger partial charge in [-0.2, -0.15) is 13.7 Å². The van der Waals surface area contributed by atoms with Crippen molar-refractivity contribution in [1.82, 2.24) is 14.9 Å². The van der Waals surface area contributed by atoms with Gasteiger partial charge >= 0.3 is 0 Å². The number of H-pyrrole nitrogens is 1. The van der Waals surface area contributed by atoms with E-state index >= 15 is 0 Å². The van der Waals surface area contributed by atoms with Gasteiger partial charge in [0.15, 0.2) is 0 Å². The van der Waals surface area contributed by atoms with Crippen molar-refractivity contribution in [2.45, 2.75) is 11.3 Å². The molecule has 0 aliphatic carbocycles. The molecule has 2 N–H and O–H groups in total. The van der Waals surface area contributed by atoms with E-state index in [9.17, 15) is 18.5 Å². The average Bonchev–Trinajstić information content (AvgIpc) is 3.38. The summed E-state index contributed by atoms with van der Waals surface area (Å²) in [5, 5.41) is 11.4. The minimum absolute atomic E-state index is 0.0953. The maximum atomic E-state index is 12.8. The topological polar surface area (TPSA) is 128 Å². The molecule has 0 atom stereocenters. The molecule has 1 aliphatic rings. The number of morpholine rings is 1. The van der Waals surface area contributed by atoms with Crippen molar-refractivity contribution in [3.05, 3.63) is 40.5 Å². The van der Waals surface area contributed by atoms with Gasteiger partial charge < -0.3 is 14.6 Å². The number of aromatic amines is 1. The molecule has 1 saturated heterocycles. The summed E-state index contributed by atoms with van der Waals surface area (Å²) in [5.74, 6) is -0.313. The number of fused-ring (bicyclic) bond motifs is 1. The van der Waals surface area contributed by atoms with E-state index in [1.807, 2.05) is 6.92 Å². The van der Waals surface area contributed by atoms with Crippen LogP contribution in [-0.4, -0.2) is 55.5 Å². The van der Waals surface area contributed by atoms with Gasteiger partial charge in [0.1, 0.15) is 11.8 Å². The molecule has 1 aliphatic heterocycles. The maximum Gasteiger partial charge on any atom is 0.289 e. The average molecular weight is 431 g/mol. The Kier molecular flexibility index (Phi) is 4.99. The van der Waals surface area contributed by atoms with E-state index in [1.165, 1.54) is 11.6 Å². The normalized spacial score (nSPS) is 14.7. The van der Waals surface area contributed by atoms with E-state index < -0.39 is 10.0 Å².